The van der Waals surface area contributed by atoms with Crippen LogP contribution in [-0.4, -0.2) is 34.7 Å². The molecule has 0 aromatic carbocycles. The van der Waals surface area contributed by atoms with Crippen LogP contribution in [0.1, 0.15) is 47.2 Å². The fourth-order valence-electron chi connectivity index (χ4n) is 2.87. The summed E-state index contributed by atoms with van der Waals surface area (Å²) in [5, 5.41) is 6.92. The van der Waals surface area contributed by atoms with Gasteiger partial charge in [-0.15, -0.1) is 0 Å². The quantitative estimate of drug-likeness (QED) is 0.876. The lowest BCUT2D eigenvalue weighted by Gasteiger charge is -2.34. The Morgan fingerprint density at radius 3 is 3.19 bits per heavy atom. The molecular formula is C15H19N3O3. The Morgan fingerprint density at radius 1 is 1.52 bits per heavy atom. The fourth-order valence-corrected chi connectivity index (χ4v) is 2.87. The highest BCUT2D eigenvalue weighted by Crippen LogP contribution is 2.31. The molecule has 0 amide bonds. The predicted molar refractivity (Wildman–Crippen MR) is 75.6 cm³/mol. The van der Waals surface area contributed by atoms with E-state index in [1.807, 2.05) is 18.5 Å². The molecule has 0 unspecified atom stereocenters. The van der Waals surface area contributed by atoms with E-state index >= 15 is 0 Å². The van der Waals surface area contributed by atoms with Crippen LogP contribution in [0.3, 0.4) is 0 Å². The molecule has 0 bridgehead atoms. The molecule has 112 valence electrons. The lowest BCUT2D eigenvalue weighted by atomic mass is 9.97. The van der Waals surface area contributed by atoms with E-state index in [4.69, 9.17) is 4.42 Å². The van der Waals surface area contributed by atoms with Crippen molar-refractivity contribution in [1.29, 1.82) is 0 Å². The minimum atomic E-state index is -0.439. The maximum Gasteiger partial charge on any atom is 0.373 e. The Kier molecular flexibility index (Phi) is 4.06. The topological polar surface area (TPSA) is 71.4 Å². The zero-order chi connectivity index (χ0) is 14.7. The van der Waals surface area contributed by atoms with E-state index in [1.165, 1.54) is 25.5 Å². The second kappa shape index (κ2) is 6.13. The highest BCUT2D eigenvalue weighted by Gasteiger charge is 2.25. The summed E-state index contributed by atoms with van der Waals surface area (Å²) in [4.78, 5) is 13.8. The van der Waals surface area contributed by atoms with Crippen molar-refractivity contribution in [2.45, 2.75) is 31.8 Å². The van der Waals surface area contributed by atoms with Crippen LogP contribution in [0.2, 0.25) is 0 Å². The molecule has 1 saturated heterocycles. The molecule has 0 saturated carbocycles. The number of esters is 1. The Hall–Kier alpha value is -2.08. The largest absolute Gasteiger partial charge is 0.463 e. The van der Waals surface area contributed by atoms with Crippen molar-refractivity contribution in [1.82, 2.24) is 15.1 Å². The van der Waals surface area contributed by atoms with Crippen LogP contribution < -0.4 is 0 Å². The van der Waals surface area contributed by atoms with Crippen LogP contribution in [-0.2, 0) is 11.3 Å². The third-order valence-electron chi connectivity index (χ3n) is 3.92. The number of hydrogen-bond donors (Lipinski definition) is 1. The molecule has 0 aliphatic carbocycles. The summed E-state index contributed by atoms with van der Waals surface area (Å²) in [6.07, 6.45) is 7.34. The molecule has 2 aromatic rings. The molecule has 2 aromatic heterocycles. The molecule has 3 rings (SSSR count). The maximum atomic E-state index is 11.4. The molecule has 21 heavy (non-hydrogen) atoms. The average molecular weight is 289 g/mol. The summed E-state index contributed by atoms with van der Waals surface area (Å²) in [7, 11) is 1.35. The van der Waals surface area contributed by atoms with Crippen LogP contribution in [0.5, 0.6) is 0 Å². The van der Waals surface area contributed by atoms with Gasteiger partial charge in [-0.25, -0.2) is 4.79 Å². The number of aromatic nitrogens is 2. The van der Waals surface area contributed by atoms with E-state index < -0.39 is 5.97 Å². The number of furan rings is 1. The molecule has 6 nitrogen and oxygen atoms in total. The minimum Gasteiger partial charge on any atom is -0.463 e. The average Bonchev–Trinajstić information content (AvgIpc) is 3.18. The van der Waals surface area contributed by atoms with Crippen LogP contribution in [0.25, 0.3) is 0 Å². The fraction of sp³-hybridized carbons (Fsp3) is 0.467. The number of aromatic amines is 1. The first-order valence-electron chi connectivity index (χ1n) is 7.17. The Balaban J connectivity index is 1.72. The summed E-state index contributed by atoms with van der Waals surface area (Å²) in [6, 6.07) is 3.86. The van der Waals surface area contributed by atoms with E-state index in [0.29, 0.717) is 12.6 Å². The molecule has 1 fully saturated rings. The van der Waals surface area contributed by atoms with E-state index in [9.17, 15) is 4.79 Å². The van der Waals surface area contributed by atoms with Gasteiger partial charge in [0.05, 0.1) is 19.9 Å². The van der Waals surface area contributed by atoms with Crippen LogP contribution in [0.4, 0.5) is 0 Å². The number of carbonyl (C=O) groups excluding carboxylic acids is 1. The van der Waals surface area contributed by atoms with E-state index in [2.05, 4.69) is 19.8 Å². The van der Waals surface area contributed by atoms with Gasteiger partial charge in [0.1, 0.15) is 5.76 Å². The molecule has 1 atom stereocenters. The second-order valence-corrected chi connectivity index (χ2v) is 5.27. The molecule has 1 aliphatic rings. The van der Waals surface area contributed by atoms with Gasteiger partial charge in [0.15, 0.2) is 0 Å². The van der Waals surface area contributed by atoms with Gasteiger partial charge < -0.3 is 9.15 Å². The normalized spacial score (nSPS) is 19.6. The summed E-state index contributed by atoms with van der Waals surface area (Å²) < 4.78 is 10.2. The maximum absolute atomic E-state index is 11.4. The molecule has 0 spiro atoms. The van der Waals surface area contributed by atoms with Crippen molar-refractivity contribution in [3.63, 3.8) is 0 Å². The monoisotopic (exact) mass is 289 g/mol. The van der Waals surface area contributed by atoms with Crippen molar-refractivity contribution in [3.8, 4) is 0 Å². The van der Waals surface area contributed by atoms with Crippen molar-refractivity contribution in [2.75, 3.05) is 13.7 Å². The first kappa shape index (κ1) is 13.9. The van der Waals surface area contributed by atoms with Crippen molar-refractivity contribution < 1.29 is 13.9 Å². The molecule has 6 heteroatoms. The number of carbonyl (C=O) groups is 1. The van der Waals surface area contributed by atoms with Gasteiger partial charge >= 0.3 is 5.97 Å². The Bertz CT molecular complexity index is 591. The van der Waals surface area contributed by atoms with E-state index in [1.54, 1.807) is 6.07 Å². The number of hydrogen-bond acceptors (Lipinski definition) is 5. The van der Waals surface area contributed by atoms with Crippen LogP contribution in [0, 0.1) is 0 Å². The predicted octanol–water partition coefficient (Wildman–Crippen LogP) is 2.52. The molecule has 1 aliphatic heterocycles. The number of nitrogens with zero attached hydrogens (tertiary/aromatic N) is 2. The van der Waals surface area contributed by atoms with Gasteiger partial charge in [0.25, 0.3) is 0 Å². The lowest BCUT2D eigenvalue weighted by molar-refractivity contribution is 0.0558. The third kappa shape index (κ3) is 3.00. The smallest absolute Gasteiger partial charge is 0.373 e. The number of nitrogens with one attached hydrogen (secondary N) is 1. The van der Waals surface area contributed by atoms with Gasteiger partial charge in [-0.2, -0.15) is 5.10 Å². The number of piperidine rings is 1. The summed E-state index contributed by atoms with van der Waals surface area (Å²) in [6.45, 7) is 1.71. The summed E-state index contributed by atoms with van der Waals surface area (Å²) >= 11 is 0. The van der Waals surface area contributed by atoms with Crippen molar-refractivity contribution >= 4 is 5.97 Å². The van der Waals surface area contributed by atoms with Crippen LogP contribution in [0.15, 0.2) is 28.9 Å². The van der Waals surface area contributed by atoms with Gasteiger partial charge in [-0.1, -0.05) is 6.42 Å². The summed E-state index contributed by atoms with van der Waals surface area (Å²) in [5.74, 6) is 0.599. The highest BCUT2D eigenvalue weighted by molar-refractivity contribution is 5.86. The minimum absolute atomic E-state index is 0.254. The zero-order valence-corrected chi connectivity index (χ0v) is 12.0. The third-order valence-corrected chi connectivity index (χ3v) is 3.92. The van der Waals surface area contributed by atoms with Crippen molar-refractivity contribution in [2.24, 2.45) is 0 Å². The van der Waals surface area contributed by atoms with Gasteiger partial charge in [0, 0.05) is 17.8 Å². The molecular weight excluding hydrogens is 270 g/mol. The highest BCUT2D eigenvalue weighted by atomic mass is 16.5. The lowest BCUT2D eigenvalue weighted by Crippen LogP contribution is -2.32. The SMILES string of the molecule is COC(=O)c1ccc(CN2CCCC[C@@H]2c2cn[nH]c2)o1. The second-order valence-electron chi connectivity index (χ2n) is 5.27. The van der Waals surface area contributed by atoms with Crippen molar-refractivity contribution in [3.05, 3.63) is 41.6 Å². The number of H-pyrrole nitrogens is 1. The van der Waals surface area contributed by atoms with Gasteiger partial charge in [-0.05, 0) is 31.5 Å². The first-order valence-corrected chi connectivity index (χ1v) is 7.17. The number of ether oxygens (including phenoxy) is 1. The molecule has 0 radical (unpaired) electrons. The van der Waals surface area contributed by atoms with Gasteiger partial charge in [-0.3, -0.25) is 10.00 Å². The molecule has 1 N–H and O–H groups in total. The Morgan fingerprint density at radius 2 is 2.43 bits per heavy atom. The zero-order valence-electron chi connectivity index (χ0n) is 12.0. The van der Waals surface area contributed by atoms with E-state index in [0.717, 1.165) is 18.7 Å². The van der Waals surface area contributed by atoms with Crippen LogP contribution >= 0.6 is 0 Å². The number of rotatable bonds is 4. The standard InChI is InChI=1S/C15H19N3O3/c1-20-15(19)14-6-5-12(21-14)10-18-7-3-2-4-13(18)11-8-16-17-9-11/h5-6,8-9,13H,2-4,7,10H2,1H3,(H,16,17)/t13-/m1/s1. The Labute approximate surface area is 123 Å². The number of methoxy groups -OCH3 is 1. The first-order chi connectivity index (χ1) is 10.3. The number of likely N-dealkylation sites (tertiary alicyclic amines) is 1. The summed E-state index contributed by atoms with van der Waals surface area (Å²) in [5.41, 5.74) is 1.20. The van der Waals surface area contributed by atoms with E-state index in [-0.39, 0.29) is 5.76 Å². The van der Waals surface area contributed by atoms with Gasteiger partial charge in [0.2, 0.25) is 5.76 Å². The molecule has 3 heterocycles.